The molecule has 0 heterocycles. The summed E-state index contributed by atoms with van der Waals surface area (Å²) >= 11 is 1.59. The van der Waals surface area contributed by atoms with E-state index >= 15 is 0 Å². The summed E-state index contributed by atoms with van der Waals surface area (Å²) in [7, 11) is 0. The molecule has 1 atom stereocenters. The Kier molecular flexibility index (Phi) is 11.2. The van der Waals surface area contributed by atoms with Gasteiger partial charge >= 0.3 is 5.97 Å². The molecule has 20 heavy (non-hydrogen) atoms. The summed E-state index contributed by atoms with van der Waals surface area (Å²) in [6.07, 6.45) is 3.25. The zero-order valence-corrected chi connectivity index (χ0v) is 13.7. The van der Waals surface area contributed by atoms with Gasteiger partial charge in [0.05, 0.1) is 0 Å². The Morgan fingerprint density at radius 2 is 1.90 bits per heavy atom. The van der Waals surface area contributed by atoms with Gasteiger partial charge in [-0.25, -0.2) is 8.78 Å². The first kappa shape index (κ1) is 19.7. The topological polar surface area (TPSA) is 26.3 Å². The molecule has 0 aromatic rings. The maximum absolute atomic E-state index is 13.2. The third-order valence-corrected chi connectivity index (χ3v) is 4.15. The molecule has 0 rings (SSSR count). The maximum Gasteiger partial charge on any atom is 0.305 e. The average molecular weight is 310 g/mol. The number of halogens is 2. The van der Waals surface area contributed by atoms with Crippen molar-refractivity contribution in [1.82, 2.24) is 0 Å². The first-order chi connectivity index (χ1) is 9.41. The predicted octanol–water partition coefficient (Wildman–Crippen LogP) is 5.06. The minimum atomic E-state index is -2.52. The highest BCUT2D eigenvalue weighted by atomic mass is 32.2. The second-order valence-electron chi connectivity index (χ2n) is 5.18. The van der Waals surface area contributed by atoms with Crippen molar-refractivity contribution < 1.29 is 18.3 Å². The van der Waals surface area contributed by atoms with Crippen LogP contribution in [0.1, 0.15) is 65.7 Å². The fourth-order valence-electron chi connectivity index (χ4n) is 1.76. The Balaban J connectivity index is 3.58. The summed E-state index contributed by atoms with van der Waals surface area (Å²) in [4.78, 5) is 11.3. The largest absolute Gasteiger partial charge is 0.465 e. The molecule has 0 aromatic carbocycles. The van der Waals surface area contributed by atoms with Crippen molar-refractivity contribution in [2.75, 3.05) is 12.4 Å². The molecule has 0 aliphatic carbocycles. The summed E-state index contributed by atoms with van der Waals surface area (Å²) < 4.78 is 31.6. The summed E-state index contributed by atoms with van der Waals surface area (Å²) in [6, 6.07) is 0. The Bertz CT molecular complexity index is 260. The predicted molar refractivity (Wildman–Crippen MR) is 81.5 cm³/mol. The molecule has 120 valence electrons. The quantitative estimate of drug-likeness (QED) is 0.372. The fourth-order valence-corrected chi connectivity index (χ4v) is 2.64. The van der Waals surface area contributed by atoms with Crippen molar-refractivity contribution in [2.24, 2.45) is 0 Å². The van der Waals surface area contributed by atoms with Crippen molar-refractivity contribution in [3.8, 4) is 0 Å². The lowest BCUT2D eigenvalue weighted by Gasteiger charge is -2.16. The number of hydrogen-bond donors (Lipinski definition) is 0. The van der Waals surface area contributed by atoms with Gasteiger partial charge in [-0.3, -0.25) is 4.79 Å². The zero-order chi connectivity index (χ0) is 15.4. The van der Waals surface area contributed by atoms with E-state index in [0.29, 0.717) is 31.6 Å². The van der Waals surface area contributed by atoms with Gasteiger partial charge in [-0.15, -0.1) is 0 Å². The van der Waals surface area contributed by atoms with Crippen LogP contribution in [0.5, 0.6) is 0 Å². The molecular weight excluding hydrogens is 282 g/mol. The normalized spacial score (nSPS) is 13.2. The van der Waals surface area contributed by atoms with Crippen molar-refractivity contribution in [3.05, 3.63) is 0 Å². The van der Waals surface area contributed by atoms with Crippen LogP contribution in [-0.4, -0.2) is 29.5 Å². The molecule has 0 bridgehead atoms. The van der Waals surface area contributed by atoms with E-state index < -0.39 is 5.92 Å². The number of ether oxygens (including phenoxy) is 1. The Hall–Kier alpha value is -0.320. The molecule has 5 heteroatoms. The van der Waals surface area contributed by atoms with Gasteiger partial charge < -0.3 is 4.74 Å². The number of rotatable bonds is 12. The van der Waals surface area contributed by atoms with Gasteiger partial charge in [0.2, 0.25) is 5.92 Å². The molecule has 0 aliphatic rings. The molecule has 0 fully saturated rings. The molecule has 0 saturated carbocycles. The van der Waals surface area contributed by atoms with Crippen LogP contribution < -0.4 is 0 Å². The van der Waals surface area contributed by atoms with E-state index in [-0.39, 0.29) is 24.1 Å². The van der Waals surface area contributed by atoms with E-state index in [9.17, 15) is 13.6 Å². The number of hydrogen-bond acceptors (Lipinski definition) is 3. The lowest BCUT2D eigenvalue weighted by Crippen LogP contribution is -2.16. The third-order valence-electron chi connectivity index (χ3n) is 2.92. The van der Waals surface area contributed by atoms with E-state index in [1.54, 1.807) is 18.7 Å². The number of carbonyl (C=O) groups excluding carboxylic acids is 1. The van der Waals surface area contributed by atoms with Crippen LogP contribution in [0.25, 0.3) is 0 Å². The molecule has 0 saturated heterocycles. The monoisotopic (exact) mass is 310 g/mol. The second kappa shape index (κ2) is 11.4. The SMILES string of the molecule is CCCCC(=O)OCC(C)SCCCC(F)(F)CCC. The molecule has 0 N–H and O–H groups in total. The van der Waals surface area contributed by atoms with E-state index in [4.69, 9.17) is 4.74 Å². The Morgan fingerprint density at radius 1 is 1.20 bits per heavy atom. The second-order valence-corrected chi connectivity index (χ2v) is 6.72. The summed E-state index contributed by atoms with van der Waals surface area (Å²) in [6.45, 7) is 6.14. The molecule has 0 radical (unpaired) electrons. The van der Waals surface area contributed by atoms with Crippen molar-refractivity contribution in [1.29, 1.82) is 0 Å². The summed E-state index contributed by atoms with van der Waals surface area (Å²) in [5.41, 5.74) is 0. The Labute approximate surface area is 126 Å². The molecular formula is C15H28F2O2S. The first-order valence-corrected chi connectivity index (χ1v) is 8.61. The highest BCUT2D eigenvalue weighted by Crippen LogP contribution is 2.27. The highest BCUT2D eigenvalue weighted by Gasteiger charge is 2.26. The molecule has 2 nitrogen and oxygen atoms in total. The van der Waals surface area contributed by atoms with E-state index in [1.807, 2.05) is 13.8 Å². The number of thioether (sulfide) groups is 1. The van der Waals surface area contributed by atoms with Crippen LogP contribution in [0.3, 0.4) is 0 Å². The van der Waals surface area contributed by atoms with Gasteiger partial charge in [-0.2, -0.15) is 11.8 Å². The van der Waals surface area contributed by atoms with Crippen molar-refractivity contribution >= 4 is 17.7 Å². The number of alkyl halides is 2. The van der Waals surface area contributed by atoms with E-state index in [1.165, 1.54) is 0 Å². The van der Waals surface area contributed by atoms with Crippen LogP contribution in [0.15, 0.2) is 0 Å². The van der Waals surface area contributed by atoms with Gasteiger partial charge in [-0.05, 0) is 25.5 Å². The maximum atomic E-state index is 13.2. The van der Waals surface area contributed by atoms with Crippen LogP contribution >= 0.6 is 11.8 Å². The van der Waals surface area contributed by atoms with Gasteiger partial charge in [-0.1, -0.05) is 26.7 Å². The van der Waals surface area contributed by atoms with Crippen molar-refractivity contribution in [3.63, 3.8) is 0 Å². The zero-order valence-electron chi connectivity index (χ0n) is 12.9. The minimum absolute atomic E-state index is 0.0255. The molecule has 0 aromatic heterocycles. The molecule has 1 unspecified atom stereocenters. The average Bonchev–Trinajstić information content (AvgIpc) is 2.39. The fraction of sp³-hybridized carbons (Fsp3) is 0.933. The van der Waals surface area contributed by atoms with Crippen molar-refractivity contribution in [2.45, 2.75) is 76.9 Å². The summed E-state index contributed by atoms with van der Waals surface area (Å²) in [5, 5.41) is 0.167. The smallest absolute Gasteiger partial charge is 0.305 e. The highest BCUT2D eigenvalue weighted by molar-refractivity contribution is 7.99. The van der Waals surface area contributed by atoms with Gasteiger partial charge in [0.1, 0.15) is 6.61 Å². The Morgan fingerprint density at radius 3 is 2.50 bits per heavy atom. The van der Waals surface area contributed by atoms with E-state index in [0.717, 1.165) is 12.8 Å². The lowest BCUT2D eigenvalue weighted by molar-refractivity contribution is -0.143. The van der Waals surface area contributed by atoms with E-state index in [2.05, 4.69) is 0 Å². The van der Waals surface area contributed by atoms with Crippen LogP contribution in [-0.2, 0) is 9.53 Å². The van der Waals surface area contributed by atoms with Gasteiger partial charge in [0.25, 0.3) is 0 Å². The standard InChI is InChI=1S/C15H28F2O2S/c1-4-6-8-14(18)19-12-13(3)20-11-7-10-15(16,17)9-5-2/h13H,4-12H2,1-3H3. The number of unbranched alkanes of at least 4 members (excludes halogenated alkanes) is 1. The van der Waals surface area contributed by atoms with Crippen LogP contribution in [0.2, 0.25) is 0 Å². The van der Waals surface area contributed by atoms with Crippen LogP contribution in [0.4, 0.5) is 8.78 Å². The molecule has 0 amide bonds. The minimum Gasteiger partial charge on any atom is -0.465 e. The number of carbonyl (C=O) groups is 1. The molecule has 0 spiro atoms. The third kappa shape index (κ3) is 11.5. The summed E-state index contributed by atoms with van der Waals surface area (Å²) in [5.74, 6) is -1.99. The lowest BCUT2D eigenvalue weighted by atomic mass is 10.1. The van der Waals surface area contributed by atoms with Gasteiger partial charge in [0.15, 0.2) is 0 Å². The molecule has 0 aliphatic heterocycles. The van der Waals surface area contributed by atoms with Gasteiger partial charge in [0, 0.05) is 24.5 Å². The first-order valence-electron chi connectivity index (χ1n) is 7.56. The van der Waals surface area contributed by atoms with Crippen LogP contribution in [0, 0.1) is 0 Å². The number of esters is 1.